The van der Waals surface area contributed by atoms with Crippen LogP contribution in [0.25, 0.3) is 0 Å². The van der Waals surface area contributed by atoms with E-state index in [0.717, 1.165) is 19.5 Å². The summed E-state index contributed by atoms with van der Waals surface area (Å²) < 4.78 is 0. The van der Waals surface area contributed by atoms with Gasteiger partial charge in [0.05, 0.1) is 12.4 Å². The first-order valence-electron chi connectivity index (χ1n) is 7.12. The van der Waals surface area contributed by atoms with E-state index in [0.29, 0.717) is 24.1 Å². The van der Waals surface area contributed by atoms with E-state index in [4.69, 9.17) is 0 Å². The Balaban J connectivity index is 2.39. The standard InChI is InChI=1S/C14H25N5O/c1-5-11(3)19(4)8-7-16-14(20)12-9-18-13(10-17-12)15-6-2/h9-11H,5-8H2,1-4H3,(H,15,18)(H,16,20). The Morgan fingerprint density at radius 1 is 1.35 bits per heavy atom. The molecule has 0 saturated heterocycles. The second-order valence-electron chi connectivity index (χ2n) is 4.81. The number of aromatic nitrogens is 2. The Morgan fingerprint density at radius 2 is 2.10 bits per heavy atom. The van der Waals surface area contributed by atoms with Gasteiger partial charge in [0.2, 0.25) is 0 Å². The number of nitrogens with one attached hydrogen (secondary N) is 2. The van der Waals surface area contributed by atoms with Gasteiger partial charge in [0.1, 0.15) is 11.5 Å². The van der Waals surface area contributed by atoms with Crippen molar-refractivity contribution in [3.8, 4) is 0 Å². The molecule has 0 bridgehead atoms. The maximum absolute atomic E-state index is 11.9. The van der Waals surface area contributed by atoms with Crippen LogP contribution in [0.4, 0.5) is 5.82 Å². The van der Waals surface area contributed by atoms with Gasteiger partial charge in [-0.2, -0.15) is 0 Å². The Hall–Kier alpha value is -1.69. The lowest BCUT2D eigenvalue weighted by Crippen LogP contribution is -2.37. The van der Waals surface area contributed by atoms with Gasteiger partial charge in [-0.3, -0.25) is 4.79 Å². The zero-order valence-corrected chi connectivity index (χ0v) is 12.8. The summed E-state index contributed by atoms with van der Waals surface area (Å²) >= 11 is 0. The molecular weight excluding hydrogens is 254 g/mol. The van der Waals surface area contributed by atoms with E-state index in [1.807, 2.05) is 6.92 Å². The number of amides is 1. The summed E-state index contributed by atoms with van der Waals surface area (Å²) in [5.74, 6) is 0.499. The van der Waals surface area contributed by atoms with Crippen molar-refractivity contribution in [3.63, 3.8) is 0 Å². The van der Waals surface area contributed by atoms with E-state index in [1.54, 1.807) is 6.20 Å². The monoisotopic (exact) mass is 279 g/mol. The molecule has 0 aromatic carbocycles. The Labute approximate surface area is 121 Å². The van der Waals surface area contributed by atoms with Crippen LogP contribution in [0.3, 0.4) is 0 Å². The number of anilines is 1. The highest BCUT2D eigenvalue weighted by Crippen LogP contribution is 2.01. The summed E-state index contributed by atoms with van der Waals surface area (Å²) in [5.41, 5.74) is 0.345. The lowest BCUT2D eigenvalue weighted by atomic mass is 10.2. The second kappa shape index (κ2) is 8.47. The molecule has 1 rings (SSSR count). The number of rotatable bonds is 8. The van der Waals surface area contributed by atoms with Crippen LogP contribution in [0.1, 0.15) is 37.7 Å². The Bertz CT molecular complexity index is 407. The third-order valence-electron chi connectivity index (χ3n) is 3.34. The largest absolute Gasteiger partial charge is 0.369 e. The van der Waals surface area contributed by atoms with Crippen LogP contribution in [0.2, 0.25) is 0 Å². The molecule has 2 N–H and O–H groups in total. The highest BCUT2D eigenvalue weighted by molar-refractivity contribution is 5.91. The van der Waals surface area contributed by atoms with Gasteiger partial charge in [0.15, 0.2) is 0 Å². The van der Waals surface area contributed by atoms with E-state index < -0.39 is 0 Å². The van der Waals surface area contributed by atoms with Gasteiger partial charge < -0.3 is 15.5 Å². The molecule has 0 saturated carbocycles. The fourth-order valence-corrected chi connectivity index (χ4v) is 1.69. The number of hydrogen-bond donors (Lipinski definition) is 2. The quantitative estimate of drug-likeness (QED) is 0.752. The summed E-state index contributed by atoms with van der Waals surface area (Å²) in [5, 5.41) is 5.90. The Morgan fingerprint density at radius 3 is 2.65 bits per heavy atom. The van der Waals surface area contributed by atoms with Crippen molar-refractivity contribution in [1.82, 2.24) is 20.2 Å². The smallest absolute Gasteiger partial charge is 0.271 e. The van der Waals surface area contributed by atoms with Crippen LogP contribution in [-0.2, 0) is 0 Å². The fraction of sp³-hybridized carbons (Fsp3) is 0.643. The van der Waals surface area contributed by atoms with Crippen LogP contribution in [0.5, 0.6) is 0 Å². The van der Waals surface area contributed by atoms with Crippen molar-refractivity contribution in [1.29, 1.82) is 0 Å². The van der Waals surface area contributed by atoms with Crippen molar-refractivity contribution in [2.24, 2.45) is 0 Å². The van der Waals surface area contributed by atoms with E-state index >= 15 is 0 Å². The van der Waals surface area contributed by atoms with Crippen molar-refractivity contribution < 1.29 is 4.79 Å². The number of hydrogen-bond acceptors (Lipinski definition) is 5. The van der Waals surface area contributed by atoms with Crippen molar-refractivity contribution >= 4 is 11.7 Å². The highest BCUT2D eigenvalue weighted by atomic mass is 16.1. The first-order valence-corrected chi connectivity index (χ1v) is 7.12. The third kappa shape index (κ3) is 5.13. The predicted octanol–water partition coefficient (Wildman–Crippen LogP) is 1.37. The molecule has 1 heterocycles. The number of likely N-dealkylation sites (N-methyl/N-ethyl adjacent to an activating group) is 1. The molecule has 0 aliphatic heterocycles. The minimum atomic E-state index is -0.182. The van der Waals surface area contributed by atoms with Gasteiger partial charge in [-0.25, -0.2) is 9.97 Å². The molecule has 20 heavy (non-hydrogen) atoms. The third-order valence-corrected chi connectivity index (χ3v) is 3.34. The summed E-state index contributed by atoms with van der Waals surface area (Å²) in [4.78, 5) is 22.3. The lowest BCUT2D eigenvalue weighted by Gasteiger charge is -2.23. The van der Waals surface area contributed by atoms with E-state index in [9.17, 15) is 4.79 Å². The molecule has 0 aliphatic rings. The molecule has 1 unspecified atom stereocenters. The maximum Gasteiger partial charge on any atom is 0.271 e. The topological polar surface area (TPSA) is 70.2 Å². The molecule has 1 amide bonds. The van der Waals surface area contributed by atoms with Crippen LogP contribution in [0, 0.1) is 0 Å². The summed E-state index contributed by atoms with van der Waals surface area (Å²) in [7, 11) is 2.06. The SMILES string of the molecule is CCNc1cnc(C(=O)NCCN(C)C(C)CC)cn1. The highest BCUT2D eigenvalue weighted by Gasteiger charge is 2.09. The summed E-state index contributed by atoms with van der Waals surface area (Å²) in [6, 6.07) is 0.520. The molecule has 0 radical (unpaired) electrons. The van der Waals surface area contributed by atoms with E-state index in [-0.39, 0.29) is 5.91 Å². The molecule has 6 heteroatoms. The molecule has 1 aromatic heterocycles. The average Bonchev–Trinajstić information content (AvgIpc) is 2.47. The maximum atomic E-state index is 11.9. The van der Waals surface area contributed by atoms with Crippen LogP contribution in [-0.4, -0.2) is 53.5 Å². The zero-order chi connectivity index (χ0) is 15.0. The van der Waals surface area contributed by atoms with Gasteiger partial charge >= 0.3 is 0 Å². The summed E-state index contributed by atoms with van der Waals surface area (Å²) in [6.45, 7) is 8.52. The number of carbonyl (C=O) groups is 1. The summed E-state index contributed by atoms with van der Waals surface area (Å²) in [6.07, 6.45) is 4.16. The molecule has 6 nitrogen and oxygen atoms in total. The van der Waals surface area contributed by atoms with Crippen molar-refractivity contribution in [2.45, 2.75) is 33.2 Å². The fourth-order valence-electron chi connectivity index (χ4n) is 1.69. The van der Waals surface area contributed by atoms with E-state index in [2.05, 4.69) is 46.4 Å². The average molecular weight is 279 g/mol. The zero-order valence-electron chi connectivity index (χ0n) is 12.8. The molecule has 112 valence electrons. The normalized spacial score (nSPS) is 12.2. The molecule has 1 atom stereocenters. The first-order chi connectivity index (χ1) is 9.58. The second-order valence-corrected chi connectivity index (χ2v) is 4.81. The van der Waals surface area contributed by atoms with Gasteiger partial charge in [-0.15, -0.1) is 0 Å². The molecule has 0 fully saturated rings. The molecule has 0 spiro atoms. The van der Waals surface area contributed by atoms with Gasteiger partial charge in [-0.05, 0) is 27.3 Å². The van der Waals surface area contributed by atoms with Gasteiger partial charge in [0, 0.05) is 25.7 Å². The first kappa shape index (κ1) is 16.4. The Kier molecular flexibility index (Phi) is 6.93. The van der Waals surface area contributed by atoms with Crippen LogP contribution in [0.15, 0.2) is 12.4 Å². The van der Waals surface area contributed by atoms with Gasteiger partial charge in [-0.1, -0.05) is 6.92 Å². The van der Waals surface area contributed by atoms with E-state index in [1.165, 1.54) is 6.20 Å². The van der Waals surface area contributed by atoms with Crippen molar-refractivity contribution in [3.05, 3.63) is 18.1 Å². The minimum absolute atomic E-state index is 0.182. The number of carbonyl (C=O) groups excluding carboxylic acids is 1. The number of nitrogens with zero attached hydrogens (tertiary/aromatic N) is 3. The van der Waals surface area contributed by atoms with Crippen molar-refractivity contribution in [2.75, 3.05) is 32.0 Å². The molecule has 1 aromatic rings. The predicted molar refractivity (Wildman–Crippen MR) is 80.9 cm³/mol. The molecule has 0 aliphatic carbocycles. The van der Waals surface area contributed by atoms with Crippen LogP contribution < -0.4 is 10.6 Å². The van der Waals surface area contributed by atoms with Crippen LogP contribution >= 0.6 is 0 Å². The van der Waals surface area contributed by atoms with Gasteiger partial charge in [0.25, 0.3) is 5.91 Å². The molecular formula is C14H25N5O. The minimum Gasteiger partial charge on any atom is -0.369 e. The lowest BCUT2D eigenvalue weighted by molar-refractivity contribution is 0.0942.